The van der Waals surface area contributed by atoms with Gasteiger partial charge in [-0.2, -0.15) is 4.31 Å². The fourth-order valence-electron chi connectivity index (χ4n) is 4.78. The third-order valence-electron chi connectivity index (χ3n) is 6.76. The van der Waals surface area contributed by atoms with Crippen molar-refractivity contribution in [3.8, 4) is 0 Å². The van der Waals surface area contributed by atoms with Gasteiger partial charge in [0.2, 0.25) is 10.0 Å². The minimum Gasteiger partial charge on any atom is -0.371 e. The summed E-state index contributed by atoms with van der Waals surface area (Å²) in [5, 5.41) is 3.21. The van der Waals surface area contributed by atoms with Crippen LogP contribution in [0.5, 0.6) is 0 Å². The van der Waals surface area contributed by atoms with E-state index in [-0.39, 0.29) is 16.8 Å². The summed E-state index contributed by atoms with van der Waals surface area (Å²) in [5.74, 6) is 0.620. The largest absolute Gasteiger partial charge is 0.371 e. The zero-order valence-electron chi connectivity index (χ0n) is 18.7. The van der Waals surface area contributed by atoms with E-state index in [4.69, 9.17) is 0 Å². The molecule has 0 unspecified atom stereocenters. The lowest BCUT2D eigenvalue weighted by Gasteiger charge is -2.29. The molecule has 1 N–H and O–H groups in total. The fraction of sp³-hybridized carbons (Fsp3) is 0.696. The van der Waals surface area contributed by atoms with Crippen LogP contribution in [-0.4, -0.2) is 50.9 Å². The van der Waals surface area contributed by atoms with E-state index in [0.29, 0.717) is 18.7 Å². The Labute approximate surface area is 182 Å². The second-order valence-electron chi connectivity index (χ2n) is 8.56. The van der Waals surface area contributed by atoms with E-state index in [1.54, 1.807) is 12.1 Å². The predicted octanol–water partition coefficient (Wildman–Crippen LogP) is 4.02. The first kappa shape index (κ1) is 23.1. The highest BCUT2D eigenvalue weighted by molar-refractivity contribution is 7.89. The second-order valence-corrected chi connectivity index (χ2v) is 10.5. The van der Waals surface area contributed by atoms with Crippen LogP contribution in [0, 0.1) is 5.92 Å². The lowest BCUT2D eigenvalue weighted by molar-refractivity contribution is 0.0922. The van der Waals surface area contributed by atoms with Gasteiger partial charge < -0.3 is 10.2 Å². The average Bonchev–Trinajstić information content (AvgIpc) is 3.29. The topological polar surface area (TPSA) is 69.7 Å². The van der Waals surface area contributed by atoms with E-state index < -0.39 is 10.0 Å². The molecule has 3 rings (SSSR count). The first-order valence-corrected chi connectivity index (χ1v) is 13.0. The molecular weight excluding hydrogens is 398 g/mol. The molecule has 1 aromatic rings. The Morgan fingerprint density at radius 2 is 1.70 bits per heavy atom. The molecule has 1 heterocycles. The van der Waals surface area contributed by atoms with Crippen molar-refractivity contribution in [2.75, 3.05) is 31.1 Å². The fourth-order valence-corrected chi connectivity index (χ4v) is 6.27. The lowest BCUT2D eigenvalue weighted by Crippen LogP contribution is -2.38. The maximum Gasteiger partial charge on any atom is 0.253 e. The first-order valence-electron chi connectivity index (χ1n) is 11.6. The molecule has 1 saturated carbocycles. The molecular formula is C23H37N3O3S. The molecule has 30 heavy (non-hydrogen) atoms. The van der Waals surface area contributed by atoms with Crippen molar-refractivity contribution in [3.63, 3.8) is 0 Å². The molecule has 0 aromatic heterocycles. The number of carbonyl (C=O) groups excluding carboxylic acids is 1. The standard InChI is InChI=1S/C23H37N3O3S/c1-4-18-9-11-19(12-10-18)24-23(27)21-17-20(30(28,29)26(5-2)6-3)13-14-22(21)25-15-7-8-16-25/h13-14,17-19H,4-12,15-16H2,1-3H3,(H,24,27). The molecule has 0 atom stereocenters. The van der Waals surface area contributed by atoms with E-state index in [2.05, 4.69) is 17.1 Å². The average molecular weight is 436 g/mol. The zero-order chi connectivity index (χ0) is 21.7. The summed E-state index contributed by atoms with van der Waals surface area (Å²) in [6.07, 6.45) is 7.70. The maximum atomic E-state index is 13.3. The van der Waals surface area contributed by atoms with Crippen molar-refractivity contribution >= 4 is 21.6 Å². The van der Waals surface area contributed by atoms with Gasteiger partial charge in [0.25, 0.3) is 5.91 Å². The summed E-state index contributed by atoms with van der Waals surface area (Å²) in [5.41, 5.74) is 1.34. The first-order chi connectivity index (χ1) is 14.4. The van der Waals surface area contributed by atoms with Crippen LogP contribution in [0.4, 0.5) is 5.69 Å². The SMILES string of the molecule is CCC1CCC(NC(=O)c2cc(S(=O)(=O)N(CC)CC)ccc2N2CCCC2)CC1. The number of rotatable bonds is 8. The van der Waals surface area contributed by atoms with Crippen LogP contribution in [-0.2, 0) is 10.0 Å². The van der Waals surface area contributed by atoms with Gasteiger partial charge in [0.15, 0.2) is 0 Å². The molecule has 1 amide bonds. The maximum absolute atomic E-state index is 13.3. The minimum atomic E-state index is -3.61. The summed E-state index contributed by atoms with van der Waals surface area (Å²) >= 11 is 0. The normalized spacial score (nSPS) is 22.5. The van der Waals surface area contributed by atoms with Gasteiger partial charge in [-0.05, 0) is 62.6 Å². The van der Waals surface area contributed by atoms with E-state index in [1.165, 1.54) is 10.7 Å². The molecule has 6 nitrogen and oxygen atoms in total. The highest BCUT2D eigenvalue weighted by atomic mass is 32.2. The second kappa shape index (κ2) is 10.1. The number of amides is 1. The van der Waals surface area contributed by atoms with Crippen LogP contribution in [0.25, 0.3) is 0 Å². The van der Waals surface area contributed by atoms with Gasteiger partial charge in [0.1, 0.15) is 0 Å². The number of benzene rings is 1. The van der Waals surface area contributed by atoms with Crippen molar-refractivity contribution in [2.24, 2.45) is 5.92 Å². The van der Waals surface area contributed by atoms with Gasteiger partial charge >= 0.3 is 0 Å². The van der Waals surface area contributed by atoms with Crippen molar-refractivity contribution in [3.05, 3.63) is 23.8 Å². The lowest BCUT2D eigenvalue weighted by atomic mass is 9.84. The molecule has 2 aliphatic rings. The third-order valence-corrected chi connectivity index (χ3v) is 8.81. The number of hydrogen-bond acceptors (Lipinski definition) is 4. The predicted molar refractivity (Wildman–Crippen MR) is 121 cm³/mol. The Kier molecular flexibility index (Phi) is 7.80. The number of sulfonamides is 1. The Morgan fingerprint density at radius 1 is 1.07 bits per heavy atom. The van der Waals surface area contributed by atoms with Gasteiger partial charge in [-0.25, -0.2) is 8.42 Å². The minimum absolute atomic E-state index is 0.145. The van der Waals surface area contributed by atoms with Crippen LogP contribution < -0.4 is 10.2 Å². The molecule has 2 fully saturated rings. The van der Waals surface area contributed by atoms with Crippen molar-refractivity contribution < 1.29 is 13.2 Å². The van der Waals surface area contributed by atoms with Gasteiger partial charge in [0.05, 0.1) is 10.5 Å². The number of nitrogens with zero attached hydrogens (tertiary/aromatic N) is 2. The Hall–Kier alpha value is -1.60. The number of carbonyl (C=O) groups is 1. The van der Waals surface area contributed by atoms with Crippen LogP contribution in [0.15, 0.2) is 23.1 Å². The summed E-state index contributed by atoms with van der Waals surface area (Å²) in [7, 11) is -3.61. The molecule has 168 valence electrons. The number of anilines is 1. The smallest absolute Gasteiger partial charge is 0.253 e. The van der Waals surface area contributed by atoms with Gasteiger partial charge in [0, 0.05) is 37.9 Å². The number of hydrogen-bond donors (Lipinski definition) is 1. The molecule has 1 aliphatic heterocycles. The molecule has 1 saturated heterocycles. The van der Waals surface area contributed by atoms with Crippen molar-refractivity contribution in [1.82, 2.24) is 9.62 Å². The molecule has 0 spiro atoms. The highest BCUT2D eigenvalue weighted by Gasteiger charge is 2.28. The van der Waals surface area contributed by atoms with E-state index in [0.717, 1.165) is 63.2 Å². The summed E-state index contributed by atoms with van der Waals surface area (Å²) in [6, 6.07) is 5.25. The monoisotopic (exact) mass is 435 g/mol. The van der Waals surface area contributed by atoms with Crippen LogP contribution in [0.2, 0.25) is 0 Å². The van der Waals surface area contributed by atoms with E-state index in [9.17, 15) is 13.2 Å². The van der Waals surface area contributed by atoms with E-state index in [1.807, 2.05) is 19.9 Å². The summed E-state index contributed by atoms with van der Waals surface area (Å²) in [6.45, 7) is 8.53. The van der Waals surface area contributed by atoms with Crippen molar-refractivity contribution in [1.29, 1.82) is 0 Å². The summed E-state index contributed by atoms with van der Waals surface area (Å²) in [4.78, 5) is 15.7. The molecule has 0 bridgehead atoms. The quantitative estimate of drug-likeness (QED) is 0.670. The molecule has 7 heteroatoms. The highest BCUT2D eigenvalue weighted by Crippen LogP contribution is 2.30. The Balaban J connectivity index is 1.88. The van der Waals surface area contributed by atoms with Crippen LogP contribution >= 0.6 is 0 Å². The molecule has 0 radical (unpaired) electrons. The van der Waals surface area contributed by atoms with Gasteiger partial charge in [-0.15, -0.1) is 0 Å². The third kappa shape index (κ3) is 4.99. The van der Waals surface area contributed by atoms with Crippen LogP contribution in [0.3, 0.4) is 0 Å². The van der Waals surface area contributed by atoms with Crippen LogP contribution in [0.1, 0.15) is 76.1 Å². The molecule has 1 aliphatic carbocycles. The molecule has 1 aromatic carbocycles. The Bertz CT molecular complexity index is 822. The van der Waals surface area contributed by atoms with Gasteiger partial charge in [-0.1, -0.05) is 27.2 Å². The van der Waals surface area contributed by atoms with Crippen molar-refractivity contribution in [2.45, 2.75) is 76.7 Å². The Morgan fingerprint density at radius 3 is 2.27 bits per heavy atom. The zero-order valence-corrected chi connectivity index (χ0v) is 19.5. The van der Waals surface area contributed by atoms with Gasteiger partial charge in [-0.3, -0.25) is 4.79 Å². The number of nitrogens with one attached hydrogen (secondary N) is 1. The van der Waals surface area contributed by atoms with E-state index >= 15 is 0 Å². The summed E-state index contributed by atoms with van der Waals surface area (Å²) < 4.78 is 27.5.